The highest BCUT2D eigenvalue weighted by Gasteiger charge is 2.31. The van der Waals surface area contributed by atoms with Crippen LogP contribution in [0.15, 0.2) is 29.2 Å². The Bertz CT molecular complexity index is 640. The van der Waals surface area contributed by atoms with Crippen LogP contribution >= 0.6 is 24.0 Å². The topological polar surface area (TPSA) is 55.8 Å². The molecule has 1 amide bonds. The molecule has 1 saturated heterocycles. The van der Waals surface area contributed by atoms with Crippen LogP contribution in [0.4, 0.5) is 4.79 Å². The van der Waals surface area contributed by atoms with Crippen LogP contribution in [0.1, 0.15) is 18.4 Å². The van der Waals surface area contributed by atoms with Gasteiger partial charge in [0, 0.05) is 13.0 Å². The Hall–Kier alpha value is -1.86. The van der Waals surface area contributed by atoms with Crippen molar-refractivity contribution in [3.8, 4) is 5.75 Å². The fourth-order valence-electron chi connectivity index (χ4n) is 2.03. The lowest BCUT2D eigenvalue weighted by Gasteiger charge is -2.13. The molecule has 7 heteroatoms. The van der Waals surface area contributed by atoms with Gasteiger partial charge in [-0.1, -0.05) is 24.4 Å². The summed E-state index contributed by atoms with van der Waals surface area (Å²) in [5, 5.41) is -0.111. The van der Waals surface area contributed by atoms with Crippen molar-refractivity contribution in [2.45, 2.75) is 12.8 Å². The number of methoxy groups -OCH3 is 2. The van der Waals surface area contributed by atoms with E-state index in [1.54, 1.807) is 7.11 Å². The average Bonchev–Trinajstić information content (AvgIpc) is 2.82. The van der Waals surface area contributed by atoms with E-state index in [-0.39, 0.29) is 17.6 Å². The molecule has 0 spiro atoms. The molecule has 1 aromatic rings. The second-order valence-corrected chi connectivity index (χ2v) is 6.17. The smallest absolute Gasteiger partial charge is 0.305 e. The van der Waals surface area contributed by atoms with Crippen molar-refractivity contribution in [2.75, 3.05) is 20.8 Å². The van der Waals surface area contributed by atoms with E-state index >= 15 is 0 Å². The zero-order valence-corrected chi connectivity index (χ0v) is 14.5. The maximum absolute atomic E-state index is 12.1. The van der Waals surface area contributed by atoms with Crippen molar-refractivity contribution in [3.05, 3.63) is 34.7 Å². The van der Waals surface area contributed by atoms with Crippen molar-refractivity contribution in [2.24, 2.45) is 0 Å². The van der Waals surface area contributed by atoms with Gasteiger partial charge < -0.3 is 9.47 Å². The first-order valence-corrected chi connectivity index (χ1v) is 8.24. The molecule has 1 heterocycles. The van der Waals surface area contributed by atoms with Crippen molar-refractivity contribution in [3.63, 3.8) is 0 Å². The summed E-state index contributed by atoms with van der Waals surface area (Å²) in [6, 6.07) is 7.51. The summed E-state index contributed by atoms with van der Waals surface area (Å²) in [5.74, 6) is 0.485. The molecule has 1 aromatic carbocycles. The molecule has 1 fully saturated rings. The van der Waals surface area contributed by atoms with E-state index in [2.05, 4.69) is 4.74 Å². The number of ether oxygens (including phenoxy) is 2. The largest absolute Gasteiger partial charge is 0.497 e. The Morgan fingerprint density at radius 2 is 2.00 bits per heavy atom. The molecule has 1 aliphatic heterocycles. The summed E-state index contributed by atoms with van der Waals surface area (Å²) in [4.78, 5) is 25.9. The highest BCUT2D eigenvalue weighted by Crippen LogP contribution is 2.33. The van der Waals surface area contributed by atoms with Crippen LogP contribution in [-0.4, -0.2) is 41.9 Å². The highest BCUT2D eigenvalue weighted by atomic mass is 32.2. The highest BCUT2D eigenvalue weighted by molar-refractivity contribution is 8.19. The molecule has 122 valence electrons. The molecule has 0 N–H and O–H groups in total. The number of amides is 1. The van der Waals surface area contributed by atoms with Crippen LogP contribution in [0.25, 0.3) is 6.08 Å². The molecule has 23 heavy (non-hydrogen) atoms. The lowest BCUT2D eigenvalue weighted by Crippen LogP contribution is -2.28. The van der Waals surface area contributed by atoms with Gasteiger partial charge in [-0.15, -0.1) is 0 Å². The van der Waals surface area contributed by atoms with Crippen LogP contribution in [0.2, 0.25) is 0 Å². The van der Waals surface area contributed by atoms with Crippen LogP contribution in [-0.2, 0) is 9.53 Å². The predicted octanol–water partition coefficient (Wildman–Crippen LogP) is 3.49. The zero-order valence-electron chi connectivity index (χ0n) is 12.9. The minimum absolute atomic E-state index is 0.111. The van der Waals surface area contributed by atoms with Gasteiger partial charge in [0.1, 0.15) is 10.7 Å². The standard InChI is InChI=1S/C16H17NO4S2/c1-20-12-7-5-11(6-8-12)10-13-15(22)17(16(19)23-13)9-3-4-14(18)21-2/h5-8,10H,3-4,9H2,1-2H3. The van der Waals surface area contributed by atoms with Crippen LogP contribution < -0.4 is 4.74 Å². The average molecular weight is 351 g/mol. The van der Waals surface area contributed by atoms with Gasteiger partial charge in [-0.05, 0) is 42.0 Å². The van der Waals surface area contributed by atoms with Crippen molar-refractivity contribution >= 4 is 46.3 Å². The summed E-state index contributed by atoms with van der Waals surface area (Å²) in [6.45, 7) is 0.416. The normalized spacial score (nSPS) is 16.1. The molecule has 0 radical (unpaired) electrons. The summed E-state index contributed by atoms with van der Waals surface area (Å²) >= 11 is 6.48. The number of thioether (sulfide) groups is 1. The van der Waals surface area contributed by atoms with Crippen LogP contribution in [0, 0.1) is 0 Å². The number of carbonyl (C=O) groups is 2. The molecular weight excluding hydrogens is 334 g/mol. The molecule has 0 bridgehead atoms. The Morgan fingerprint density at radius 3 is 2.61 bits per heavy atom. The number of hydrogen-bond acceptors (Lipinski definition) is 6. The molecular formula is C16H17NO4S2. The van der Waals surface area contributed by atoms with E-state index in [9.17, 15) is 9.59 Å². The first kappa shape index (κ1) is 17.5. The van der Waals surface area contributed by atoms with Gasteiger partial charge in [-0.2, -0.15) is 0 Å². The minimum atomic E-state index is -0.288. The second-order valence-electron chi connectivity index (χ2n) is 4.79. The minimum Gasteiger partial charge on any atom is -0.497 e. The van der Waals surface area contributed by atoms with Crippen molar-refractivity contribution < 1.29 is 19.1 Å². The summed E-state index contributed by atoms with van der Waals surface area (Å²) in [5.41, 5.74) is 0.944. The fraction of sp³-hybridized carbons (Fsp3) is 0.312. The zero-order chi connectivity index (χ0) is 16.8. The third-order valence-corrected chi connectivity index (χ3v) is 4.77. The SMILES string of the molecule is COC(=O)CCCN1C(=O)SC(=Cc2ccc(OC)cc2)C1=S. The molecule has 0 saturated carbocycles. The first-order chi connectivity index (χ1) is 11.0. The Kier molecular flexibility index (Phi) is 6.18. The number of benzene rings is 1. The van der Waals surface area contributed by atoms with E-state index in [1.807, 2.05) is 30.3 Å². The summed E-state index contributed by atoms with van der Waals surface area (Å²) in [7, 11) is 2.96. The van der Waals surface area contributed by atoms with Gasteiger partial charge in [0.05, 0.1) is 19.1 Å². The third-order valence-electron chi connectivity index (χ3n) is 3.28. The van der Waals surface area contributed by atoms with Crippen LogP contribution in [0.3, 0.4) is 0 Å². The summed E-state index contributed by atoms with van der Waals surface area (Å²) in [6.07, 6.45) is 2.67. The third kappa shape index (κ3) is 4.56. The molecule has 5 nitrogen and oxygen atoms in total. The lowest BCUT2D eigenvalue weighted by atomic mass is 10.2. The molecule has 1 aliphatic rings. The van der Waals surface area contributed by atoms with E-state index in [1.165, 1.54) is 12.0 Å². The number of hydrogen-bond donors (Lipinski definition) is 0. The Labute approximate surface area is 144 Å². The maximum atomic E-state index is 12.1. The molecule has 0 atom stereocenters. The van der Waals surface area contributed by atoms with Crippen molar-refractivity contribution in [1.29, 1.82) is 0 Å². The van der Waals surface area contributed by atoms with E-state index in [4.69, 9.17) is 17.0 Å². The van der Waals surface area contributed by atoms with Crippen LogP contribution in [0.5, 0.6) is 5.75 Å². The van der Waals surface area contributed by atoms with Gasteiger partial charge in [0.15, 0.2) is 0 Å². The Morgan fingerprint density at radius 1 is 1.30 bits per heavy atom. The quantitative estimate of drug-likeness (QED) is 0.444. The summed E-state index contributed by atoms with van der Waals surface area (Å²) < 4.78 is 9.70. The lowest BCUT2D eigenvalue weighted by molar-refractivity contribution is -0.140. The van der Waals surface area contributed by atoms with E-state index < -0.39 is 0 Å². The first-order valence-electron chi connectivity index (χ1n) is 7.01. The van der Waals surface area contributed by atoms with E-state index in [0.717, 1.165) is 28.0 Å². The Balaban J connectivity index is 2.01. The van der Waals surface area contributed by atoms with Gasteiger partial charge >= 0.3 is 5.97 Å². The predicted molar refractivity (Wildman–Crippen MR) is 94.5 cm³/mol. The molecule has 0 unspecified atom stereocenters. The maximum Gasteiger partial charge on any atom is 0.305 e. The molecule has 2 rings (SSSR count). The van der Waals surface area contributed by atoms with Gasteiger partial charge in [-0.25, -0.2) is 0 Å². The number of thiocarbonyl (C=S) groups is 1. The van der Waals surface area contributed by atoms with Gasteiger partial charge in [-0.3, -0.25) is 14.5 Å². The molecule has 0 aromatic heterocycles. The number of nitrogens with zero attached hydrogens (tertiary/aromatic N) is 1. The van der Waals surface area contributed by atoms with Crippen molar-refractivity contribution in [1.82, 2.24) is 4.90 Å². The number of rotatable bonds is 6. The van der Waals surface area contributed by atoms with Gasteiger partial charge in [0.2, 0.25) is 0 Å². The molecule has 0 aliphatic carbocycles. The van der Waals surface area contributed by atoms with Gasteiger partial charge in [0.25, 0.3) is 5.24 Å². The monoisotopic (exact) mass is 351 g/mol. The van der Waals surface area contributed by atoms with E-state index in [0.29, 0.717) is 18.0 Å². The fourth-order valence-corrected chi connectivity index (χ4v) is 3.32. The number of carbonyl (C=O) groups excluding carboxylic acids is 2. The second kappa shape index (κ2) is 8.12. The number of esters is 1.